The molecule has 0 atom stereocenters. The molecule has 2 heteroatoms. The zero-order valence-corrected chi connectivity index (χ0v) is 15.1. The van der Waals surface area contributed by atoms with Gasteiger partial charge in [-0.05, 0) is 19.1 Å². The number of ketones is 1. The van der Waals surface area contributed by atoms with Gasteiger partial charge in [0, 0.05) is 16.7 Å². The van der Waals surface area contributed by atoms with Gasteiger partial charge in [0.1, 0.15) is 12.2 Å². The third kappa shape index (κ3) is 4.04. The Morgan fingerprint density at radius 2 is 1.32 bits per heavy atom. The molecule has 0 aliphatic rings. The highest BCUT2D eigenvalue weighted by molar-refractivity contribution is 6.08. The van der Waals surface area contributed by atoms with Crippen molar-refractivity contribution in [3.05, 3.63) is 101 Å². The van der Waals surface area contributed by atoms with Gasteiger partial charge < -0.3 is 0 Å². The summed E-state index contributed by atoms with van der Waals surface area (Å²) in [7, 11) is 4.40. The van der Waals surface area contributed by atoms with Crippen LogP contribution in [0.4, 0.5) is 5.69 Å². The Morgan fingerprint density at radius 3 is 1.92 bits per heavy atom. The van der Waals surface area contributed by atoms with Crippen molar-refractivity contribution in [2.45, 2.75) is 13.5 Å². The summed E-state index contributed by atoms with van der Waals surface area (Å²) in [6.07, 6.45) is 0. The maximum absolute atomic E-state index is 12.5. The predicted octanol–water partition coefficient (Wildman–Crippen LogP) is 4.99. The Morgan fingerprint density at radius 1 is 0.760 bits per heavy atom. The lowest BCUT2D eigenvalue weighted by Gasteiger charge is -2.29. The quantitative estimate of drug-likeness (QED) is 0.475. The summed E-state index contributed by atoms with van der Waals surface area (Å²) in [4.78, 5) is 12.5. The molecule has 0 saturated carbocycles. The van der Waals surface area contributed by atoms with Crippen LogP contribution in [-0.2, 0) is 6.54 Å². The van der Waals surface area contributed by atoms with Crippen LogP contribution in [0.5, 0.6) is 0 Å². The number of aryl methyl sites for hydroxylation is 1. The number of rotatable bonds is 5. The van der Waals surface area contributed by atoms with E-state index in [2.05, 4.69) is 57.4 Å². The first-order valence-corrected chi connectivity index (χ1v) is 8.55. The first-order valence-electron chi connectivity index (χ1n) is 8.55. The molecule has 0 aliphatic heterocycles. The van der Waals surface area contributed by atoms with Crippen LogP contribution in [0.25, 0.3) is 0 Å². The van der Waals surface area contributed by atoms with E-state index in [1.54, 1.807) is 0 Å². The smallest absolute Gasteiger partial charge is 0.193 e. The molecule has 0 fully saturated rings. The summed E-state index contributed by atoms with van der Waals surface area (Å²) in [5.41, 5.74) is 5.22. The Labute approximate surface area is 150 Å². The van der Waals surface area contributed by atoms with E-state index < -0.39 is 0 Å². The van der Waals surface area contributed by atoms with Gasteiger partial charge in [0.15, 0.2) is 5.78 Å². The molecule has 126 valence electrons. The van der Waals surface area contributed by atoms with E-state index in [4.69, 9.17) is 0 Å². The average Bonchev–Trinajstić information content (AvgIpc) is 2.62. The van der Waals surface area contributed by atoms with Gasteiger partial charge in [-0.25, -0.2) is 0 Å². The van der Waals surface area contributed by atoms with Crippen LogP contribution in [0.1, 0.15) is 27.0 Å². The van der Waals surface area contributed by atoms with E-state index in [-0.39, 0.29) is 5.78 Å². The highest BCUT2D eigenvalue weighted by Crippen LogP contribution is 2.23. The molecule has 0 heterocycles. The molecule has 0 saturated heterocycles. The third-order valence-electron chi connectivity index (χ3n) is 4.56. The third-order valence-corrected chi connectivity index (χ3v) is 4.56. The number of hydrogen-bond acceptors (Lipinski definition) is 1. The zero-order chi connectivity index (χ0) is 17.9. The van der Waals surface area contributed by atoms with Crippen molar-refractivity contribution in [3.63, 3.8) is 0 Å². The van der Waals surface area contributed by atoms with Gasteiger partial charge in [0.05, 0.1) is 14.1 Å². The summed E-state index contributed by atoms with van der Waals surface area (Å²) < 4.78 is 0.770. The van der Waals surface area contributed by atoms with Gasteiger partial charge in [-0.3, -0.25) is 9.28 Å². The largest absolute Gasteiger partial charge is 0.292 e. The Bertz CT molecular complexity index is 847. The van der Waals surface area contributed by atoms with Crippen LogP contribution < -0.4 is 4.48 Å². The minimum absolute atomic E-state index is 0.0689. The molecule has 0 bridgehead atoms. The van der Waals surface area contributed by atoms with Gasteiger partial charge in [-0.1, -0.05) is 72.3 Å². The molecule has 25 heavy (non-hydrogen) atoms. The van der Waals surface area contributed by atoms with E-state index in [1.165, 1.54) is 16.8 Å². The lowest BCUT2D eigenvalue weighted by molar-refractivity contribution is 0.103. The van der Waals surface area contributed by atoms with Crippen molar-refractivity contribution < 1.29 is 4.79 Å². The van der Waals surface area contributed by atoms with Crippen molar-refractivity contribution in [1.29, 1.82) is 0 Å². The van der Waals surface area contributed by atoms with Crippen LogP contribution in [0.3, 0.4) is 0 Å². The summed E-state index contributed by atoms with van der Waals surface area (Å²) >= 11 is 0. The standard InChI is InChI=1S/C23H24NO/c1-18-9-15-22(16-10-18)24(2,3)17-19-11-13-21(14-12-19)23(25)20-7-5-4-6-8-20/h4-16H,17H2,1-3H3/q+1. The van der Waals surface area contributed by atoms with E-state index >= 15 is 0 Å². The molecule has 0 aliphatic carbocycles. The summed E-state index contributed by atoms with van der Waals surface area (Å²) in [5.74, 6) is 0.0689. The lowest BCUT2D eigenvalue weighted by Crippen LogP contribution is -2.39. The maximum Gasteiger partial charge on any atom is 0.193 e. The molecule has 3 aromatic carbocycles. The Kier molecular flexibility index (Phi) is 4.82. The number of benzene rings is 3. The molecule has 3 rings (SSSR count). The number of carbonyl (C=O) groups excluding carboxylic acids is 1. The van der Waals surface area contributed by atoms with Gasteiger partial charge in [-0.2, -0.15) is 0 Å². The molecule has 0 spiro atoms. The van der Waals surface area contributed by atoms with E-state index in [0.29, 0.717) is 0 Å². The normalized spacial score (nSPS) is 11.3. The second-order valence-corrected chi connectivity index (χ2v) is 7.07. The van der Waals surface area contributed by atoms with E-state index in [1.807, 2.05) is 42.5 Å². The second kappa shape index (κ2) is 7.04. The zero-order valence-electron chi connectivity index (χ0n) is 15.1. The number of carbonyl (C=O) groups is 1. The highest BCUT2D eigenvalue weighted by atomic mass is 16.1. The molecular formula is C23H24NO+. The molecule has 0 amide bonds. The second-order valence-electron chi connectivity index (χ2n) is 7.07. The topological polar surface area (TPSA) is 17.1 Å². The SMILES string of the molecule is Cc1ccc([N+](C)(C)Cc2ccc(C(=O)c3ccccc3)cc2)cc1. The summed E-state index contributed by atoms with van der Waals surface area (Å²) in [6.45, 7) is 2.98. The van der Waals surface area contributed by atoms with Crippen molar-refractivity contribution in [2.75, 3.05) is 14.1 Å². The van der Waals surface area contributed by atoms with Crippen LogP contribution in [0.2, 0.25) is 0 Å². The first kappa shape index (κ1) is 17.1. The molecule has 0 unspecified atom stereocenters. The molecule has 3 aromatic rings. The summed E-state index contributed by atoms with van der Waals surface area (Å²) in [6, 6.07) is 26.1. The Hall–Kier alpha value is -2.71. The highest BCUT2D eigenvalue weighted by Gasteiger charge is 2.19. The van der Waals surface area contributed by atoms with E-state index in [9.17, 15) is 4.79 Å². The van der Waals surface area contributed by atoms with Gasteiger partial charge in [0.2, 0.25) is 0 Å². The van der Waals surface area contributed by atoms with Gasteiger partial charge in [0.25, 0.3) is 0 Å². The fourth-order valence-corrected chi connectivity index (χ4v) is 3.01. The molecular weight excluding hydrogens is 306 g/mol. The number of quaternary nitrogens is 1. The van der Waals surface area contributed by atoms with Crippen molar-refractivity contribution in [2.24, 2.45) is 0 Å². The fourth-order valence-electron chi connectivity index (χ4n) is 3.01. The van der Waals surface area contributed by atoms with Crippen LogP contribution >= 0.6 is 0 Å². The number of nitrogens with zero attached hydrogens (tertiary/aromatic N) is 1. The minimum Gasteiger partial charge on any atom is -0.292 e. The molecule has 0 aromatic heterocycles. The van der Waals surface area contributed by atoms with Crippen LogP contribution in [-0.4, -0.2) is 19.9 Å². The van der Waals surface area contributed by atoms with Gasteiger partial charge in [-0.15, -0.1) is 0 Å². The summed E-state index contributed by atoms with van der Waals surface area (Å²) in [5, 5.41) is 0. The van der Waals surface area contributed by atoms with Crippen molar-refractivity contribution in [3.8, 4) is 0 Å². The van der Waals surface area contributed by atoms with Crippen molar-refractivity contribution >= 4 is 11.5 Å². The molecule has 0 N–H and O–H groups in total. The fraction of sp³-hybridized carbons (Fsp3) is 0.174. The first-order chi connectivity index (χ1) is 12.0. The predicted molar refractivity (Wildman–Crippen MR) is 105 cm³/mol. The minimum atomic E-state index is 0.0689. The average molecular weight is 330 g/mol. The van der Waals surface area contributed by atoms with E-state index in [0.717, 1.165) is 22.2 Å². The van der Waals surface area contributed by atoms with Crippen LogP contribution in [0, 0.1) is 6.92 Å². The molecule has 2 nitrogen and oxygen atoms in total. The molecule has 0 radical (unpaired) electrons. The van der Waals surface area contributed by atoms with Crippen LogP contribution in [0.15, 0.2) is 78.9 Å². The monoisotopic (exact) mass is 330 g/mol. The number of hydrogen-bond donors (Lipinski definition) is 0. The van der Waals surface area contributed by atoms with Crippen molar-refractivity contribution in [1.82, 2.24) is 4.48 Å². The maximum atomic E-state index is 12.5. The lowest BCUT2D eigenvalue weighted by atomic mass is 10.0. The Balaban J connectivity index is 1.76. The van der Waals surface area contributed by atoms with Gasteiger partial charge >= 0.3 is 0 Å².